The lowest BCUT2D eigenvalue weighted by molar-refractivity contribution is -0.139. The number of carbonyl (C=O) groups excluding carboxylic acids is 2. The maximum absolute atomic E-state index is 12.3. The normalized spacial score (nSPS) is 19.9. The van der Waals surface area contributed by atoms with Crippen molar-refractivity contribution >= 4 is 11.9 Å². The van der Waals surface area contributed by atoms with Crippen molar-refractivity contribution in [1.82, 2.24) is 4.90 Å². The van der Waals surface area contributed by atoms with Gasteiger partial charge in [-0.15, -0.1) is 0 Å². The highest BCUT2D eigenvalue weighted by Crippen LogP contribution is 2.28. The van der Waals surface area contributed by atoms with E-state index in [0.717, 1.165) is 31.4 Å². The van der Waals surface area contributed by atoms with E-state index in [9.17, 15) is 9.59 Å². The van der Waals surface area contributed by atoms with Crippen LogP contribution in [0.3, 0.4) is 0 Å². The second-order valence-electron chi connectivity index (χ2n) is 5.27. The molecule has 1 aliphatic heterocycles. The van der Waals surface area contributed by atoms with Crippen LogP contribution in [0, 0.1) is 0 Å². The number of esters is 2. The third kappa shape index (κ3) is 3.68. The Labute approximate surface area is 130 Å². The maximum Gasteiger partial charge on any atom is 0.340 e. The summed E-state index contributed by atoms with van der Waals surface area (Å²) < 4.78 is 15.2. The van der Waals surface area contributed by atoms with Gasteiger partial charge in [-0.1, -0.05) is 6.08 Å². The maximum atomic E-state index is 12.3. The zero-order chi connectivity index (χ0) is 15.9. The van der Waals surface area contributed by atoms with Crippen molar-refractivity contribution in [3.8, 4) is 0 Å². The molecule has 0 saturated carbocycles. The fourth-order valence-electron chi connectivity index (χ4n) is 2.84. The summed E-state index contributed by atoms with van der Waals surface area (Å²) in [5, 5.41) is 0. The molecule has 122 valence electrons. The molecule has 0 unspecified atom stereocenters. The summed E-state index contributed by atoms with van der Waals surface area (Å²) in [6, 6.07) is 0. The Bertz CT molecular complexity index is 489. The van der Waals surface area contributed by atoms with Gasteiger partial charge in [0, 0.05) is 18.8 Å². The highest BCUT2D eigenvalue weighted by Gasteiger charge is 2.29. The summed E-state index contributed by atoms with van der Waals surface area (Å²) in [4.78, 5) is 26.6. The first-order valence-corrected chi connectivity index (χ1v) is 7.62. The summed E-state index contributed by atoms with van der Waals surface area (Å²) in [6.07, 6.45) is 5.23. The van der Waals surface area contributed by atoms with E-state index in [1.807, 2.05) is 0 Å². The molecule has 0 aromatic heterocycles. The van der Waals surface area contributed by atoms with Crippen LogP contribution in [0.5, 0.6) is 0 Å². The van der Waals surface area contributed by atoms with Gasteiger partial charge >= 0.3 is 11.9 Å². The van der Waals surface area contributed by atoms with Crippen molar-refractivity contribution in [3.63, 3.8) is 0 Å². The topological polar surface area (TPSA) is 65.1 Å². The van der Waals surface area contributed by atoms with Gasteiger partial charge in [0.05, 0.1) is 38.6 Å². The molecule has 0 aromatic carbocycles. The zero-order valence-corrected chi connectivity index (χ0v) is 13.2. The first kappa shape index (κ1) is 16.5. The first-order valence-electron chi connectivity index (χ1n) is 7.62. The number of carbonyl (C=O) groups is 2. The van der Waals surface area contributed by atoms with Gasteiger partial charge in [-0.3, -0.25) is 0 Å². The molecule has 2 rings (SSSR count). The van der Waals surface area contributed by atoms with Gasteiger partial charge in [-0.25, -0.2) is 9.59 Å². The zero-order valence-electron chi connectivity index (χ0n) is 13.2. The minimum absolute atomic E-state index is 0.315. The van der Waals surface area contributed by atoms with Crippen molar-refractivity contribution in [2.45, 2.75) is 25.7 Å². The highest BCUT2D eigenvalue weighted by atomic mass is 16.5. The first-order chi connectivity index (χ1) is 10.7. The molecule has 6 nitrogen and oxygen atoms in total. The highest BCUT2D eigenvalue weighted by molar-refractivity contribution is 6.07. The monoisotopic (exact) mass is 309 g/mol. The molecule has 0 amide bonds. The average Bonchev–Trinajstić information content (AvgIpc) is 2.54. The number of morpholine rings is 1. The van der Waals surface area contributed by atoms with E-state index in [1.54, 1.807) is 6.08 Å². The molecule has 0 N–H and O–H groups in total. The van der Waals surface area contributed by atoms with Gasteiger partial charge in [0.15, 0.2) is 0 Å². The van der Waals surface area contributed by atoms with E-state index >= 15 is 0 Å². The van der Waals surface area contributed by atoms with Crippen LogP contribution >= 0.6 is 0 Å². The Kier molecular flexibility index (Phi) is 6.00. The van der Waals surface area contributed by atoms with Crippen molar-refractivity contribution in [2.75, 3.05) is 40.5 Å². The number of rotatable bonds is 3. The number of ether oxygens (including phenoxy) is 3. The molecule has 1 aliphatic carbocycles. The van der Waals surface area contributed by atoms with Gasteiger partial charge in [0.1, 0.15) is 0 Å². The Hall–Kier alpha value is -1.82. The summed E-state index contributed by atoms with van der Waals surface area (Å²) >= 11 is 0. The van der Waals surface area contributed by atoms with E-state index in [-0.39, 0.29) is 0 Å². The Morgan fingerprint density at radius 1 is 1.09 bits per heavy atom. The van der Waals surface area contributed by atoms with Crippen LogP contribution in [0.15, 0.2) is 22.9 Å². The molecule has 1 saturated heterocycles. The Morgan fingerprint density at radius 2 is 1.77 bits per heavy atom. The second kappa shape index (κ2) is 7.98. The lowest BCUT2D eigenvalue weighted by Crippen LogP contribution is -2.37. The molecule has 0 aromatic rings. The van der Waals surface area contributed by atoms with E-state index in [1.165, 1.54) is 14.2 Å². The largest absolute Gasteiger partial charge is 0.465 e. The van der Waals surface area contributed by atoms with E-state index < -0.39 is 11.9 Å². The molecular formula is C16H23NO5. The van der Waals surface area contributed by atoms with Crippen molar-refractivity contribution in [3.05, 3.63) is 22.9 Å². The number of methoxy groups -OCH3 is 2. The van der Waals surface area contributed by atoms with Gasteiger partial charge in [-0.05, 0) is 25.7 Å². The second-order valence-corrected chi connectivity index (χ2v) is 5.27. The van der Waals surface area contributed by atoms with Gasteiger partial charge in [0.2, 0.25) is 0 Å². The number of allylic oxidation sites excluding steroid dienone is 2. The standard InChI is InChI=1S/C16H23NO5/c1-20-15(18)12-6-4-3-5-7-13(14(12)16(19)21-2)17-8-10-22-11-9-17/h6H,3-5,7-11H2,1-2H3. The fourth-order valence-corrected chi connectivity index (χ4v) is 2.84. The van der Waals surface area contributed by atoms with Crippen LogP contribution in [-0.4, -0.2) is 57.4 Å². The lowest BCUT2D eigenvalue weighted by Gasteiger charge is -2.33. The Morgan fingerprint density at radius 3 is 2.41 bits per heavy atom. The molecule has 1 heterocycles. The number of nitrogens with zero attached hydrogens (tertiary/aromatic N) is 1. The van der Waals surface area contributed by atoms with Crippen LogP contribution in [0.1, 0.15) is 25.7 Å². The van der Waals surface area contributed by atoms with Crippen LogP contribution < -0.4 is 0 Å². The lowest BCUT2D eigenvalue weighted by atomic mass is 9.94. The van der Waals surface area contributed by atoms with Crippen LogP contribution in [0.2, 0.25) is 0 Å². The smallest absolute Gasteiger partial charge is 0.340 e. The summed E-state index contributed by atoms with van der Waals surface area (Å²) in [5.74, 6) is -0.979. The third-order valence-electron chi connectivity index (χ3n) is 3.96. The molecule has 6 heteroatoms. The minimum Gasteiger partial charge on any atom is -0.465 e. The Balaban J connectivity index is 2.49. The number of hydrogen-bond donors (Lipinski definition) is 0. The molecule has 0 radical (unpaired) electrons. The van der Waals surface area contributed by atoms with Crippen molar-refractivity contribution in [1.29, 1.82) is 0 Å². The number of hydrogen-bond acceptors (Lipinski definition) is 6. The average molecular weight is 309 g/mol. The SMILES string of the molecule is COC(=O)C1=CCCCCC(N2CCOCC2)=C1C(=O)OC. The van der Waals surface area contributed by atoms with Crippen LogP contribution in [-0.2, 0) is 23.8 Å². The van der Waals surface area contributed by atoms with E-state index in [2.05, 4.69) is 4.90 Å². The van der Waals surface area contributed by atoms with Gasteiger partial charge < -0.3 is 19.1 Å². The minimum atomic E-state index is -0.493. The molecular weight excluding hydrogens is 286 g/mol. The van der Waals surface area contributed by atoms with Gasteiger partial charge in [-0.2, -0.15) is 0 Å². The summed E-state index contributed by atoms with van der Waals surface area (Å²) in [5.41, 5.74) is 1.53. The van der Waals surface area contributed by atoms with E-state index in [0.29, 0.717) is 37.4 Å². The molecule has 0 atom stereocenters. The molecule has 0 spiro atoms. The summed E-state index contributed by atoms with van der Waals surface area (Å²) in [7, 11) is 2.66. The molecule has 0 bridgehead atoms. The van der Waals surface area contributed by atoms with Crippen molar-refractivity contribution in [2.24, 2.45) is 0 Å². The van der Waals surface area contributed by atoms with E-state index in [4.69, 9.17) is 14.2 Å². The predicted molar refractivity (Wildman–Crippen MR) is 80.0 cm³/mol. The molecule has 1 fully saturated rings. The predicted octanol–water partition coefficient (Wildman–Crippen LogP) is 1.42. The van der Waals surface area contributed by atoms with Crippen LogP contribution in [0.25, 0.3) is 0 Å². The summed E-state index contributed by atoms with van der Waals surface area (Å²) in [6.45, 7) is 2.67. The molecule has 2 aliphatic rings. The van der Waals surface area contributed by atoms with Crippen LogP contribution in [0.4, 0.5) is 0 Å². The van der Waals surface area contributed by atoms with Crippen molar-refractivity contribution < 1.29 is 23.8 Å². The fraction of sp³-hybridized carbons (Fsp3) is 0.625. The molecule has 22 heavy (non-hydrogen) atoms. The quantitative estimate of drug-likeness (QED) is 0.735. The third-order valence-corrected chi connectivity index (χ3v) is 3.96. The van der Waals surface area contributed by atoms with Gasteiger partial charge in [0.25, 0.3) is 0 Å².